The normalized spacial score (nSPS) is 12.4. The molecule has 0 spiro atoms. The third kappa shape index (κ3) is 14.4. The summed E-state index contributed by atoms with van der Waals surface area (Å²) >= 11 is 1.29. The van der Waals surface area contributed by atoms with E-state index in [0.29, 0.717) is 48.1 Å². The molecule has 0 bridgehead atoms. The molecule has 1 aromatic heterocycles. The number of nitrogens with two attached hydrogens (primary N) is 1. The van der Waals surface area contributed by atoms with E-state index in [1.54, 1.807) is 27.8 Å². The van der Waals surface area contributed by atoms with Crippen LogP contribution in [0.4, 0.5) is 17.6 Å². The largest absolute Gasteiger partial charge is 0.479 e. The van der Waals surface area contributed by atoms with Crippen molar-refractivity contribution in [2.24, 2.45) is 5.73 Å². The number of hydrogen-bond donors (Lipinski definition) is 5. The van der Waals surface area contributed by atoms with Crippen molar-refractivity contribution in [3.05, 3.63) is 117 Å². The van der Waals surface area contributed by atoms with E-state index in [0.717, 1.165) is 41.9 Å². The quantitative estimate of drug-likeness (QED) is 0.0548. The van der Waals surface area contributed by atoms with E-state index in [2.05, 4.69) is 23.7 Å². The zero-order valence-corrected chi connectivity index (χ0v) is 32.0. The molecular weight excluding hydrogens is 775 g/mol. The lowest BCUT2D eigenvalue weighted by Crippen LogP contribution is -2.40. The summed E-state index contributed by atoms with van der Waals surface area (Å²) in [4.78, 5) is 54.5. The zero-order valence-electron chi connectivity index (χ0n) is 31.2. The molecule has 0 radical (unpaired) electrons. The van der Waals surface area contributed by atoms with Crippen molar-refractivity contribution in [3.8, 4) is 11.1 Å². The van der Waals surface area contributed by atoms with E-state index < -0.39 is 41.4 Å². The number of nitrogens with zero attached hydrogens (tertiary/aromatic N) is 4. The Morgan fingerprint density at radius 3 is 1.86 bits per heavy atom. The van der Waals surface area contributed by atoms with Crippen molar-refractivity contribution in [1.82, 2.24) is 19.4 Å². The highest BCUT2D eigenvalue weighted by molar-refractivity contribution is 7.98. The van der Waals surface area contributed by atoms with Gasteiger partial charge in [-0.1, -0.05) is 74.1 Å². The second kappa shape index (κ2) is 22.0. The fourth-order valence-electron chi connectivity index (χ4n) is 5.29. The standard InChI is InChI=1S/C35H39F4N5O2S.C4H6O6/c1-3-42(4-2)19-20-43(21-25-5-9-27(10-6-25)28-11-13-30(14-12-28)35(37,38)39)32(45)23-44-22-29(17-18-40)33(46)41-34(44)47-24-26-7-15-31(36)16-8-26;5-1(3(7)8)2(6)4(9)10/h5-16,22H,3-4,17-21,23-24,40H2,1-2H3;1-2,5-6H,(H,7,8)(H,9,10). The minimum atomic E-state index is -4.40. The van der Waals surface area contributed by atoms with Crippen LogP contribution in [0.5, 0.6) is 0 Å². The number of carbonyl (C=O) groups is 3. The number of aliphatic hydroxyl groups excluding tert-OH is 2. The molecule has 2 unspecified atom stereocenters. The molecule has 4 aromatic rings. The summed E-state index contributed by atoms with van der Waals surface area (Å²) in [5.41, 5.74) is 8.17. The number of aromatic nitrogens is 2. The van der Waals surface area contributed by atoms with E-state index in [4.69, 9.17) is 26.2 Å². The van der Waals surface area contributed by atoms with E-state index in [1.807, 2.05) is 24.3 Å². The molecule has 6 N–H and O–H groups in total. The first-order chi connectivity index (χ1) is 27.0. The molecule has 13 nitrogen and oxygen atoms in total. The monoisotopic (exact) mass is 819 g/mol. The van der Waals surface area contributed by atoms with E-state index >= 15 is 0 Å². The molecule has 0 aliphatic rings. The molecule has 18 heteroatoms. The smallest absolute Gasteiger partial charge is 0.416 e. The number of carboxylic acid groups (broad SMARTS) is 2. The average molecular weight is 820 g/mol. The van der Waals surface area contributed by atoms with Crippen molar-refractivity contribution >= 4 is 29.6 Å². The second-order valence-corrected chi connectivity index (χ2v) is 13.6. The van der Waals surface area contributed by atoms with E-state index in [-0.39, 0.29) is 24.8 Å². The number of benzene rings is 3. The number of aliphatic hydroxyl groups is 2. The number of alkyl halides is 3. The van der Waals surface area contributed by atoms with Gasteiger partial charge in [0.1, 0.15) is 12.4 Å². The van der Waals surface area contributed by atoms with Crippen LogP contribution >= 0.6 is 11.8 Å². The van der Waals surface area contributed by atoms with Gasteiger partial charge in [0.15, 0.2) is 17.4 Å². The fourth-order valence-corrected chi connectivity index (χ4v) is 6.21. The topological polar surface area (TPSA) is 200 Å². The van der Waals surface area contributed by atoms with Crippen molar-refractivity contribution in [1.29, 1.82) is 0 Å². The summed E-state index contributed by atoms with van der Waals surface area (Å²) in [6.07, 6.45) is -6.97. The van der Waals surface area contributed by atoms with E-state index in [1.165, 1.54) is 36.0 Å². The SMILES string of the molecule is CCN(CC)CCN(Cc1ccc(-c2ccc(C(F)(F)F)cc2)cc1)C(=O)Cn1cc(CCN)c(=O)nc1SCc1ccc(F)cc1.O=C(O)C(O)C(O)C(=O)O. The van der Waals surface area contributed by atoms with Crippen LogP contribution in [0, 0.1) is 5.82 Å². The molecular formula is C39H45F4N5O8S. The number of aliphatic carboxylic acids is 2. The van der Waals surface area contributed by atoms with Crippen LogP contribution in [-0.2, 0) is 45.8 Å². The Kier molecular flexibility index (Phi) is 17.8. The maximum atomic E-state index is 13.9. The van der Waals surface area contributed by atoms with Gasteiger partial charge in [-0.05, 0) is 72.6 Å². The highest BCUT2D eigenvalue weighted by Gasteiger charge is 2.30. The van der Waals surface area contributed by atoms with Crippen molar-refractivity contribution in [3.63, 3.8) is 0 Å². The second-order valence-electron chi connectivity index (χ2n) is 12.6. The van der Waals surface area contributed by atoms with Gasteiger partial charge in [-0.2, -0.15) is 18.2 Å². The third-order valence-electron chi connectivity index (χ3n) is 8.64. The first kappa shape index (κ1) is 46.2. The van der Waals surface area contributed by atoms with Crippen LogP contribution in [0.3, 0.4) is 0 Å². The summed E-state index contributed by atoms with van der Waals surface area (Å²) in [6.45, 7) is 7.42. The lowest BCUT2D eigenvalue weighted by atomic mass is 10.0. The first-order valence-electron chi connectivity index (χ1n) is 17.7. The third-order valence-corrected chi connectivity index (χ3v) is 9.70. The Labute approximate surface area is 330 Å². The van der Waals surface area contributed by atoms with Gasteiger partial charge in [-0.15, -0.1) is 0 Å². The van der Waals surface area contributed by atoms with Crippen LogP contribution in [0.25, 0.3) is 11.1 Å². The molecule has 1 heterocycles. The average Bonchev–Trinajstić information content (AvgIpc) is 3.18. The van der Waals surface area contributed by atoms with Gasteiger partial charge in [0.2, 0.25) is 5.91 Å². The van der Waals surface area contributed by atoms with Crippen LogP contribution in [0.2, 0.25) is 0 Å². The Balaban J connectivity index is 0.000000766. The Hall–Kier alpha value is -5.14. The van der Waals surface area contributed by atoms with Crippen molar-refractivity contribution in [2.75, 3.05) is 32.7 Å². The number of hydrogen-bond acceptors (Lipinski definition) is 10. The first-order valence-corrected chi connectivity index (χ1v) is 18.7. The highest BCUT2D eigenvalue weighted by Crippen LogP contribution is 2.31. The molecule has 0 saturated carbocycles. The summed E-state index contributed by atoms with van der Waals surface area (Å²) in [6, 6.07) is 18.5. The van der Waals surface area contributed by atoms with Crippen LogP contribution < -0.4 is 11.3 Å². The molecule has 4 rings (SSSR count). The predicted octanol–water partition coefficient (Wildman–Crippen LogP) is 4.11. The van der Waals surface area contributed by atoms with Gasteiger partial charge in [0.25, 0.3) is 5.56 Å². The minimum Gasteiger partial charge on any atom is -0.479 e. The number of thioether (sulfide) groups is 1. The van der Waals surface area contributed by atoms with Gasteiger partial charge in [-0.25, -0.2) is 14.0 Å². The maximum Gasteiger partial charge on any atom is 0.416 e. The Bertz CT molecular complexity index is 1960. The molecule has 3 aromatic carbocycles. The lowest BCUT2D eigenvalue weighted by Gasteiger charge is -2.27. The van der Waals surface area contributed by atoms with Crippen LogP contribution in [-0.4, -0.2) is 103 Å². The van der Waals surface area contributed by atoms with Gasteiger partial charge in [-0.3, -0.25) is 9.59 Å². The number of likely N-dealkylation sites (N-methyl/N-ethyl adjacent to an activating group) is 1. The van der Waals surface area contributed by atoms with Gasteiger partial charge >= 0.3 is 18.1 Å². The van der Waals surface area contributed by atoms with E-state index in [9.17, 15) is 36.7 Å². The number of carbonyl (C=O) groups excluding carboxylic acids is 1. The minimum absolute atomic E-state index is 0.0571. The lowest BCUT2D eigenvalue weighted by molar-refractivity contribution is -0.165. The maximum absolute atomic E-state index is 13.9. The summed E-state index contributed by atoms with van der Waals surface area (Å²) in [5, 5.41) is 32.9. The Morgan fingerprint density at radius 1 is 0.842 bits per heavy atom. The zero-order chi connectivity index (χ0) is 42.3. The predicted molar refractivity (Wildman–Crippen MR) is 205 cm³/mol. The molecule has 1 amide bonds. The summed E-state index contributed by atoms with van der Waals surface area (Å²) in [7, 11) is 0. The summed E-state index contributed by atoms with van der Waals surface area (Å²) < 4.78 is 54.1. The molecule has 0 aliphatic carbocycles. The number of carboxylic acids is 2. The van der Waals surface area contributed by atoms with Gasteiger partial charge < -0.3 is 40.5 Å². The van der Waals surface area contributed by atoms with Crippen molar-refractivity contribution < 1.29 is 52.4 Å². The number of halogens is 4. The molecule has 0 saturated heterocycles. The molecule has 308 valence electrons. The Morgan fingerprint density at radius 2 is 1.37 bits per heavy atom. The molecule has 0 fully saturated rings. The van der Waals surface area contributed by atoms with Crippen LogP contribution in [0.1, 0.15) is 36.1 Å². The molecule has 57 heavy (non-hydrogen) atoms. The highest BCUT2D eigenvalue weighted by atomic mass is 32.2. The molecule has 2 atom stereocenters. The number of rotatable bonds is 18. The fraction of sp³-hybridized carbons (Fsp3) is 0.359. The van der Waals surface area contributed by atoms with Crippen molar-refractivity contribution in [2.45, 2.75) is 62.7 Å². The molecule has 0 aliphatic heterocycles. The van der Waals surface area contributed by atoms with Gasteiger partial charge in [0, 0.05) is 37.1 Å². The summed E-state index contributed by atoms with van der Waals surface area (Å²) in [5.74, 6) is -3.63. The van der Waals surface area contributed by atoms with Gasteiger partial charge in [0.05, 0.1) is 5.56 Å². The van der Waals surface area contributed by atoms with Crippen LogP contribution in [0.15, 0.2) is 88.9 Å². The number of amides is 1.